The SMILES string of the molecule is CC1(C)CCC(C)(C)c2c(N(c3ccc(-c4cccc5c4-c4ccccc4C54C5CC6CC(C5)C4C6)cc3)c3ccc4ccccc4c3)cccc21. The molecule has 0 heterocycles. The molecule has 0 amide bonds. The molecule has 4 fully saturated rings. The molecule has 0 radical (unpaired) electrons. The average molecular weight is 676 g/mol. The summed E-state index contributed by atoms with van der Waals surface area (Å²) in [5.41, 5.74) is 16.1. The largest absolute Gasteiger partial charge is 0.310 e. The third-order valence-corrected chi connectivity index (χ3v) is 14.9. The molecule has 6 aliphatic rings. The first-order chi connectivity index (χ1) is 25.2. The summed E-state index contributed by atoms with van der Waals surface area (Å²) in [5, 5.41) is 2.55. The molecule has 6 aromatic rings. The van der Waals surface area contributed by atoms with E-state index in [4.69, 9.17) is 0 Å². The zero-order valence-electron chi connectivity index (χ0n) is 31.1. The standard InChI is InChI=1S/C51H49N/c1-49(2)25-26-50(3,4)48-44(49)17-10-18-46(48)52(39-24-19-33-11-5-6-12-35(33)31-39)38-22-20-34(21-23-38)40-14-9-16-43-47(40)41-13-7-8-15-42(41)51(43)37-28-32-27-36(30-37)45(51)29-32/h5-24,31-32,36-37,45H,25-30H2,1-4H3. The van der Waals surface area contributed by atoms with E-state index < -0.39 is 0 Å². The van der Waals surface area contributed by atoms with E-state index in [0.29, 0.717) is 0 Å². The number of rotatable bonds is 4. The lowest BCUT2D eigenvalue weighted by molar-refractivity contribution is 0.191. The van der Waals surface area contributed by atoms with Crippen molar-refractivity contribution in [2.24, 2.45) is 23.7 Å². The predicted molar refractivity (Wildman–Crippen MR) is 218 cm³/mol. The first kappa shape index (κ1) is 31.0. The van der Waals surface area contributed by atoms with Crippen LogP contribution in [0.5, 0.6) is 0 Å². The van der Waals surface area contributed by atoms with E-state index in [0.717, 1.165) is 23.7 Å². The molecule has 5 atom stereocenters. The Balaban J connectivity index is 1.08. The van der Waals surface area contributed by atoms with Crippen molar-refractivity contribution in [3.05, 3.63) is 150 Å². The third-order valence-electron chi connectivity index (χ3n) is 14.9. The van der Waals surface area contributed by atoms with Gasteiger partial charge < -0.3 is 4.90 Å². The van der Waals surface area contributed by atoms with Crippen LogP contribution >= 0.6 is 0 Å². The first-order valence-electron chi connectivity index (χ1n) is 20.0. The Bertz CT molecular complexity index is 2410. The van der Waals surface area contributed by atoms with Crippen LogP contribution in [0.3, 0.4) is 0 Å². The molecule has 5 unspecified atom stereocenters. The molecular weight excluding hydrogens is 627 g/mol. The lowest BCUT2D eigenvalue weighted by atomic mass is 9.59. The van der Waals surface area contributed by atoms with Gasteiger partial charge in [-0.15, -0.1) is 0 Å². The zero-order chi connectivity index (χ0) is 35.0. The van der Waals surface area contributed by atoms with E-state index in [9.17, 15) is 0 Å². The highest BCUT2D eigenvalue weighted by Crippen LogP contribution is 2.73. The minimum atomic E-state index is 0.0729. The van der Waals surface area contributed by atoms with Crippen LogP contribution in [0.15, 0.2) is 127 Å². The van der Waals surface area contributed by atoms with Gasteiger partial charge in [0, 0.05) is 16.8 Å². The third kappa shape index (κ3) is 4.11. The lowest BCUT2D eigenvalue weighted by Crippen LogP contribution is -2.40. The van der Waals surface area contributed by atoms with Crippen LogP contribution in [0, 0.1) is 23.7 Å². The van der Waals surface area contributed by atoms with E-state index >= 15 is 0 Å². The maximum absolute atomic E-state index is 2.55. The van der Waals surface area contributed by atoms with Crippen LogP contribution in [0.4, 0.5) is 17.1 Å². The number of hydrogen-bond donors (Lipinski definition) is 0. The quantitative estimate of drug-likeness (QED) is 0.180. The normalized spacial score (nSPS) is 26.8. The predicted octanol–water partition coefficient (Wildman–Crippen LogP) is 13.7. The summed E-state index contributed by atoms with van der Waals surface area (Å²) in [5.74, 6) is 3.46. The van der Waals surface area contributed by atoms with Crippen molar-refractivity contribution < 1.29 is 0 Å². The van der Waals surface area contributed by atoms with Crippen LogP contribution in [0.1, 0.15) is 88.5 Å². The maximum Gasteiger partial charge on any atom is 0.0502 e. The first-order valence-corrected chi connectivity index (χ1v) is 20.0. The number of benzene rings is 6. The van der Waals surface area contributed by atoms with Gasteiger partial charge in [-0.1, -0.05) is 125 Å². The second kappa shape index (κ2) is 10.7. The number of nitrogens with zero attached hydrogens (tertiary/aromatic N) is 1. The Morgan fingerprint density at radius 2 is 1.23 bits per heavy atom. The van der Waals surface area contributed by atoms with Gasteiger partial charge in [-0.3, -0.25) is 0 Å². The Labute approximate surface area is 309 Å². The molecule has 6 aromatic carbocycles. The van der Waals surface area contributed by atoms with E-state index in [2.05, 4.69) is 160 Å². The number of fused-ring (bicyclic) bond motifs is 5. The Kier molecular flexibility index (Phi) is 6.38. The maximum atomic E-state index is 2.55. The van der Waals surface area contributed by atoms with Crippen LogP contribution in [-0.2, 0) is 16.2 Å². The van der Waals surface area contributed by atoms with Gasteiger partial charge in [-0.2, -0.15) is 0 Å². The minimum Gasteiger partial charge on any atom is -0.310 e. The molecule has 6 aliphatic carbocycles. The highest BCUT2D eigenvalue weighted by Gasteiger charge is 2.66. The molecule has 0 saturated heterocycles. The number of anilines is 3. The topological polar surface area (TPSA) is 3.24 Å². The summed E-state index contributed by atoms with van der Waals surface area (Å²) < 4.78 is 0. The van der Waals surface area contributed by atoms with Gasteiger partial charge in [0.1, 0.15) is 0 Å². The summed E-state index contributed by atoms with van der Waals surface area (Å²) in [6.07, 6.45) is 8.12. The van der Waals surface area contributed by atoms with Gasteiger partial charge in [-0.05, 0) is 159 Å². The van der Waals surface area contributed by atoms with E-state index in [-0.39, 0.29) is 16.2 Å². The van der Waals surface area contributed by atoms with E-state index in [1.165, 1.54) is 99.7 Å². The highest BCUT2D eigenvalue weighted by molar-refractivity contribution is 5.94. The van der Waals surface area contributed by atoms with Crippen molar-refractivity contribution in [2.45, 2.75) is 82.5 Å². The molecule has 0 N–H and O–H groups in total. The van der Waals surface area contributed by atoms with E-state index in [1.807, 2.05) is 0 Å². The van der Waals surface area contributed by atoms with Crippen molar-refractivity contribution in [2.75, 3.05) is 4.90 Å². The minimum absolute atomic E-state index is 0.0729. The van der Waals surface area contributed by atoms with Crippen molar-refractivity contribution >= 4 is 27.8 Å². The molecule has 0 aromatic heterocycles. The molecule has 1 nitrogen and oxygen atoms in total. The Morgan fingerprint density at radius 1 is 0.538 bits per heavy atom. The molecular formula is C51H49N. The highest BCUT2D eigenvalue weighted by atomic mass is 15.1. The molecule has 4 bridgehead atoms. The smallest absolute Gasteiger partial charge is 0.0502 e. The van der Waals surface area contributed by atoms with Crippen LogP contribution in [0.25, 0.3) is 33.0 Å². The average Bonchev–Trinajstić information content (AvgIpc) is 3.71. The zero-order valence-corrected chi connectivity index (χ0v) is 31.1. The van der Waals surface area contributed by atoms with Gasteiger partial charge in [-0.25, -0.2) is 0 Å². The molecule has 258 valence electrons. The van der Waals surface area contributed by atoms with Crippen LogP contribution < -0.4 is 4.90 Å². The fraction of sp³-hybridized carbons (Fsp3) is 0.333. The van der Waals surface area contributed by atoms with Gasteiger partial charge in [0.05, 0.1) is 5.69 Å². The summed E-state index contributed by atoms with van der Waals surface area (Å²) in [6.45, 7) is 9.77. The van der Waals surface area contributed by atoms with Gasteiger partial charge in [0.15, 0.2) is 0 Å². The molecule has 12 rings (SSSR count). The molecule has 4 saturated carbocycles. The van der Waals surface area contributed by atoms with Crippen molar-refractivity contribution in [3.63, 3.8) is 0 Å². The molecule has 1 spiro atoms. The molecule has 52 heavy (non-hydrogen) atoms. The lowest BCUT2D eigenvalue weighted by Gasteiger charge is -2.44. The monoisotopic (exact) mass is 675 g/mol. The molecule has 0 aliphatic heterocycles. The number of hydrogen-bond acceptors (Lipinski definition) is 1. The molecule has 1 heteroatoms. The van der Waals surface area contributed by atoms with Gasteiger partial charge in [0.25, 0.3) is 0 Å². The second-order valence-corrected chi connectivity index (χ2v) is 18.4. The van der Waals surface area contributed by atoms with Gasteiger partial charge in [0.2, 0.25) is 0 Å². The summed E-state index contributed by atoms with van der Waals surface area (Å²) in [7, 11) is 0. The summed E-state index contributed by atoms with van der Waals surface area (Å²) in [4.78, 5) is 2.55. The summed E-state index contributed by atoms with van der Waals surface area (Å²) in [6, 6.07) is 49.2. The van der Waals surface area contributed by atoms with E-state index in [1.54, 1.807) is 11.1 Å². The summed E-state index contributed by atoms with van der Waals surface area (Å²) >= 11 is 0. The second-order valence-electron chi connectivity index (χ2n) is 18.4. The fourth-order valence-electron chi connectivity index (χ4n) is 12.7. The Morgan fingerprint density at radius 3 is 2.08 bits per heavy atom. The van der Waals surface area contributed by atoms with Crippen molar-refractivity contribution in [1.29, 1.82) is 0 Å². The van der Waals surface area contributed by atoms with Crippen LogP contribution in [-0.4, -0.2) is 0 Å². The van der Waals surface area contributed by atoms with Gasteiger partial charge >= 0.3 is 0 Å². The fourth-order valence-corrected chi connectivity index (χ4v) is 12.7. The van der Waals surface area contributed by atoms with Crippen LogP contribution in [0.2, 0.25) is 0 Å². The van der Waals surface area contributed by atoms with Crippen molar-refractivity contribution in [1.82, 2.24) is 0 Å². The Hall–Kier alpha value is -4.62. The van der Waals surface area contributed by atoms with Crippen molar-refractivity contribution in [3.8, 4) is 22.3 Å².